The van der Waals surface area contributed by atoms with Crippen molar-refractivity contribution >= 4 is 17.7 Å². The van der Waals surface area contributed by atoms with Crippen molar-refractivity contribution in [2.45, 2.75) is 18.6 Å². The molecular formula is C27H25FO6. The van der Waals surface area contributed by atoms with Gasteiger partial charge in [0.05, 0.1) is 20.8 Å². The molecule has 0 radical (unpaired) electrons. The first-order valence-corrected chi connectivity index (χ1v) is 10.6. The van der Waals surface area contributed by atoms with E-state index in [-0.39, 0.29) is 12.2 Å². The number of rotatable bonds is 10. The van der Waals surface area contributed by atoms with Crippen LogP contribution < -0.4 is 0 Å². The highest BCUT2D eigenvalue weighted by molar-refractivity contribution is 6.00. The number of methoxy groups -OCH3 is 2. The molecule has 3 aromatic rings. The number of hydrogen-bond acceptors (Lipinski definition) is 6. The Hall–Kier alpha value is -3.84. The number of carbonyl (C=O) groups is 3. The second-order valence-electron chi connectivity index (χ2n) is 7.58. The quantitative estimate of drug-likeness (QED) is 0.325. The summed E-state index contributed by atoms with van der Waals surface area (Å²) in [6.07, 6.45) is -0.405. The zero-order valence-corrected chi connectivity index (χ0v) is 18.9. The molecule has 6 nitrogen and oxygen atoms in total. The van der Waals surface area contributed by atoms with E-state index in [2.05, 4.69) is 0 Å². The minimum atomic E-state index is -2.07. The molecule has 34 heavy (non-hydrogen) atoms. The molecule has 0 saturated carbocycles. The number of halogens is 1. The van der Waals surface area contributed by atoms with Crippen LogP contribution in [0.15, 0.2) is 84.9 Å². The van der Waals surface area contributed by atoms with Crippen molar-refractivity contribution in [2.75, 3.05) is 14.2 Å². The molecule has 0 saturated heterocycles. The van der Waals surface area contributed by atoms with E-state index in [1.54, 1.807) is 54.6 Å². The fourth-order valence-corrected chi connectivity index (χ4v) is 3.79. The Morgan fingerprint density at radius 1 is 0.824 bits per heavy atom. The third-order valence-corrected chi connectivity index (χ3v) is 5.53. The summed E-state index contributed by atoms with van der Waals surface area (Å²) in [6, 6.07) is 22.3. The summed E-state index contributed by atoms with van der Waals surface area (Å²) in [4.78, 5) is 39.5. The minimum Gasteiger partial charge on any atom is -0.469 e. The van der Waals surface area contributed by atoms with Crippen LogP contribution in [0.4, 0.5) is 4.39 Å². The Kier molecular flexibility index (Phi) is 8.27. The average Bonchev–Trinajstić information content (AvgIpc) is 2.89. The molecule has 0 fully saturated rings. The lowest BCUT2D eigenvalue weighted by atomic mass is 9.77. The lowest BCUT2D eigenvalue weighted by molar-refractivity contribution is -0.192. The summed E-state index contributed by atoms with van der Waals surface area (Å²) >= 11 is 0. The zero-order chi connectivity index (χ0) is 24.6. The summed E-state index contributed by atoms with van der Waals surface area (Å²) in [5.74, 6) is -4.10. The molecule has 0 unspecified atom stereocenters. The number of carbonyl (C=O) groups excluding carboxylic acids is 3. The maximum absolute atomic E-state index is 13.8. The highest BCUT2D eigenvalue weighted by atomic mass is 19.1. The number of hydrogen-bond donors (Lipinski definition) is 0. The third-order valence-electron chi connectivity index (χ3n) is 5.53. The van der Waals surface area contributed by atoms with E-state index in [0.29, 0.717) is 5.56 Å². The lowest BCUT2D eigenvalue weighted by Gasteiger charge is -2.37. The molecule has 0 aliphatic carbocycles. The molecule has 2 atom stereocenters. The molecule has 0 aliphatic rings. The van der Waals surface area contributed by atoms with Crippen molar-refractivity contribution < 1.29 is 33.0 Å². The number of ketones is 1. The number of esters is 2. The van der Waals surface area contributed by atoms with Gasteiger partial charge in [-0.2, -0.15) is 0 Å². The van der Waals surface area contributed by atoms with Gasteiger partial charge in [-0.25, -0.2) is 9.18 Å². The summed E-state index contributed by atoms with van der Waals surface area (Å²) in [5, 5.41) is 0. The summed E-state index contributed by atoms with van der Waals surface area (Å²) < 4.78 is 30.0. The van der Waals surface area contributed by atoms with Gasteiger partial charge in [-0.05, 0) is 23.3 Å². The summed E-state index contributed by atoms with van der Waals surface area (Å²) in [5.41, 5.74) is -0.836. The van der Waals surface area contributed by atoms with Gasteiger partial charge in [0.2, 0.25) is 5.60 Å². The molecule has 176 valence electrons. The second kappa shape index (κ2) is 11.3. The first-order chi connectivity index (χ1) is 16.4. The monoisotopic (exact) mass is 464 g/mol. The molecule has 0 amide bonds. The van der Waals surface area contributed by atoms with Gasteiger partial charge in [-0.1, -0.05) is 72.8 Å². The predicted octanol–water partition coefficient (Wildman–Crippen LogP) is 4.47. The lowest BCUT2D eigenvalue weighted by Crippen LogP contribution is -2.50. The van der Waals surface area contributed by atoms with E-state index in [1.165, 1.54) is 12.1 Å². The van der Waals surface area contributed by atoms with Crippen LogP contribution in [0.5, 0.6) is 0 Å². The topological polar surface area (TPSA) is 78.9 Å². The van der Waals surface area contributed by atoms with Gasteiger partial charge < -0.3 is 14.2 Å². The Morgan fingerprint density at radius 2 is 1.41 bits per heavy atom. The van der Waals surface area contributed by atoms with Crippen molar-refractivity contribution in [3.8, 4) is 0 Å². The molecule has 3 rings (SSSR count). The highest BCUT2D eigenvalue weighted by Gasteiger charge is 2.54. The molecule has 0 aliphatic heterocycles. The first-order valence-electron chi connectivity index (χ1n) is 10.6. The van der Waals surface area contributed by atoms with Crippen LogP contribution in [0.3, 0.4) is 0 Å². The van der Waals surface area contributed by atoms with E-state index in [9.17, 15) is 18.8 Å². The maximum Gasteiger partial charge on any atom is 0.343 e. The van der Waals surface area contributed by atoms with Gasteiger partial charge in [-0.3, -0.25) is 9.59 Å². The Balaban J connectivity index is 2.14. The molecular weight excluding hydrogens is 439 g/mol. The minimum absolute atomic E-state index is 0.0830. The smallest absolute Gasteiger partial charge is 0.343 e. The fourth-order valence-electron chi connectivity index (χ4n) is 3.79. The van der Waals surface area contributed by atoms with Crippen LogP contribution >= 0.6 is 0 Å². The highest BCUT2D eigenvalue weighted by Crippen LogP contribution is 2.40. The Labute approximate surface area is 197 Å². The molecule has 0 spiro atoms. The van der Waals surface area contributed by atoms with Crippen molar-refractivity contribution in [1.82, 2.24) is 0 Å². The average molecular weight is 464 g/mol. The molecule has 0 heterocycles. The summed E-state index contributed by atoms with van der Waals surface area (Å²) in [6.45, 7) is -0.0830. The number of benzene rings is 3. The van der Waals surface area contributed by atoms with Crippen molar-refractivity contribution in [3.63, 3.8) is 0 Å². The van der Waals surface area contributed by atoms with Crippen LogP contribution in [-0.2, 0) is 36.0 Å². The zero-order valence-electron chi connectivity index (χ0n) is 18.9. The van der Waals surface area contributed by atoms with Crippen LogP contribution in [0.1, 0.15) is 27.9 Å². The number of ether oxygens (including phenoxy) is 3. The fraction of sp³-hybridized carbons (Fsp3) is 0.222. The van der Waals surface area contributed by atoms with Crippen LogP contribution in [0.2, 0.25) is 0 Å². The van der Waals surface area contributed by atoms with E-state index in [4.69, 9.17) is 14.2 Å². The van der Waals surface area contributed by atoms with Gasteiger partial charge in [-0.15, -0.1) is 0 Å². The predicted molar refractivity (Wildman–Crippen MR) is 122 cm³/mol. The third kappa shape index (κ3) is 5.38. The standard InChI is InChI=1S/C27H25FO6/c1-32-25(30)23(17-24(29)20-11-7-4-8-12-20)27(26(31)33-2,21-13-15-22(28)16-14-21)34-18-19-9-5-3-6-10-19/h3-16,23H,17-18H2,1-2H3/t23-,27+/m1/s1. The van der Waals surface area contributed by atoms with Gasteiger partial charge >= 0.3 is 11.9 Å². The first kappa shape index (κ1) is 24.8. The largest absolute Gasteiger partial charge is 0.469 e. The van der Waals surface area contributed by atoms with Gasteiger partial charge in [0.1, 0.15) is 11.7 Å². The van der Waals surface area contributed by atoms with Crippen molar-refractivity contribution in [1.29, 1.82) is 0 Å². The molecule has 7 heteroatoms. The van der Waals surface area contributed by atoms with Crippen LogP contribution in [0.25, 0.3) is 0 Å². The van der Waals surface area contributed by atoms with E-state index in [1.807, 2.05) is 6.07 Å². The van der Waals surface area contributed by atoms with E-state index in [0.717, 1.165) is 31.9 Å². The summed E-state index contributed by atoms with van der Waals surface area (Å²) in [7, 11) is 2.31. The normalized spacial score (nSPS) is 13.4. The molecule has 0 bridgehead atoms. The SMILES string of the molecule is COC(=O)[C@@H](CC(=O)c1ccccc1)[C@](OCc1ccccc1)(C(=O)OC)c1ccc(F)cc1. The Bertz CT molecular complexity index is 1110. The molecule has 3 aromatic carbocycles. The van der Waals surface area contributed by atoms with Gasteiger partial charge in [0, 0.05) is 12.0 Å². The van der Waals surface area contributed by atoms with Gasteiger partial charge in [0.15, 0.2) is 5.78 Å². The van der Waals surface area contributed by atoms with Gasteiger partial charge in [0.25, 0.3) is 0 Å². The number of Topliss-reactive ketones (excluding diaryl/α,β-unsaturated/α-hetero) is 1. The van der Waals surface area contributed by atoms with Crippen molar-refractivity contribution in [3.05, 3.63) is 107 Å². The second-order valence-corrected chi connectivity index (χ2v) is 7.58. The molecule has 0 N–H and O–H groups in total. The van der Waals surface area contributed by atoms with E-state index >= 15 is 0 Å². The Morgan fingerprint density at radius 3 is 1.97 bits per heavy atom. The van der Waals surface area contributed by atoms with Crippen molar-refractivity contribution in [2.24, 2.45) is 5.92 Å². The van der Waals surface area contributed by atoms with Crippen LogP contribution in [-0.4, -0.2) is 31.9 Å². The molecule has 0 aromatic heterocycles. The van der Waals surface area contributed by atoms with Crippen LogP contribution in [0, 0.1) is 11.7 Å². The maximum atomic E-state index is 13.8. The van der Waals surface area contributed by atoms with E-state index < -0.39 is 41.5 Å².